The van der Waals surface area contributed by atoms with Crippen molar-refractivity contribution in [3.63, 3.8) is 0 Å². The Morgan fingerprint density at radius 3 is 2.53 bits per heavy atom. The van der Waals surface area contributed by atoms with Gasteiger partial charge in [-0.05, 0) is 5.53 Å². The summed E-state index contributed by atoms with van der Waals surface area (Å²) >= 11 is 0. The summed E-state index contributed by atoms with van der Waals surface area (Å²) in [6.07, 6.45) is -5.95. The number of aliphatic hydroxyl groups excluding tert-OH is 3. The molecule has 8 heteroatoms. The van der Waals surface area contributed by atoms with E-state index in [0.29, 0.717) is 0 Å². The second-order valence-corrected chi connectivity index (χ2v) is 3.16. The maximum atomic E-state index is 9.47. The molecule has 3 N–H and O–H groups in total. The number of aliphatic hydroxyl groups is 3. The van der Waals surface area contributed by atoms with Crippen molar-refractivity contribution in [1.29, 1.82) is 0 Å². The van der Waals surface area contributed by atoms with Crippen LogP contribution in [0.5, 0.6) is 0 Å². The first-order valence-electron chi connectivity index (χ1n) is 4.35. The highest BCUT2D eigenvalue weighted by atomic mass is 16.7. The SMILES string of the molecule is CO[C@H]1OC(CN=[N+]=[N-])[C@@H](O)[C@@H](O)C1O. The highest BCUT2D eigenvalue weighted by Crippen LogP contribution is 2.21. The standard InChI is InChI=1S/C7H13N3O5/c1-14-7-6(13)5(12)4(11)3(15-7)2-9-10-8/h3-7,11-13H,2H2,1H3/t3?,4-,5-,6?,7+/m1/s1. The molecule has 0 aromatic heterocycles. The second-order valence-electron chi connectivity index (χ2n) is 3.16. The van der Waals surface area contributed by atoms with E-state index in [9.17, 15) is 15.3 Å². The van der Waals surface area contributed by atoms with Gasteiger partial charge < -0.3 is 24.8 Å². The zero-order valence-corrected chi connectivity index (χ0v) is 8.09. The molecular formula is C7H13N3O5. The molecule has 1 aliphatic rings. The van der Waals surface area contributed by atoms with E-state index in [1.54, 1.807) is 0 Å². The first-order valence-corrected chi connectivity index (χ1v) is 4.35. The van der Waals surface area contributed by atoms with Gasteiger partial charge in [0.05, 0.1) is 12.6 Å². The molecule has 0 aliphatic carbocycles. The molecule has 5 atom stereocenters. The predicted molar refractivity (Wildman–Crippen MR) is 47.7 cm³/mol. The summed E-state index contributed by atoms with van der Waals surface area (Å²) in [6.45, 7) is -0.138. The Balaban J connectivity index is 2.69. The van der Waals surface area contributed by atoms with Gasteiger partial charge in [0, 0.05) is 12.0 Å². The predicted octanol–water partition coefficient (Wildman–Crippen LogP) is -1.25. The van der Waals surface area contributed by atoms with Crippen LogP contribution in [0.2, 0.25) is 0 Å². The van der Waals surface area contributed by atoms with E-state index in [1.807, 2.05) is 0 Å². The number of hydrogen-bond donors (Lipinski definition) is 3. The minimum Gasteiger partial charge on any atom is -0.388 e. The Labute approximate surface area is 85.7 Å². The third-order valence-electron chi connectivity index (χ3n) is 2.23. The monoisotopic (exact) mass is 219 g/mol. The van der Waals surface area contributed by atoms with Gasteiger partial charge >= 0.3 is 0 Å². The molecule has 1 aliphatic heterocycles. The van der Waals surface area contributed by atoms with Gasteiger partial charge in [0.15, 0.2) is 6.29 Å². The lowest BCUT2D eigenvalue weighted by Gasteiger charge is -2.39. The molecule has 0 aromatic rings. The molecule has 0 saturated carbocycles. The van der Waals surface area contributed by atoms with Crippen LogP contribution in [0.15, 0.2) is 5.11 Å². The van der Waals surface area contributed by atoms with Crippen molar-refractivity contribution in [2.45, 2.75) is 30.7 Å². The second kappa shape index (κ2) is 5.26. The fourth-order valence-electron chi connectivity index (χ4n) is 1.38. The zero-order valence-electron chi connectivity index (χ0n) is 8.09. The van der Waals surface area contributed by atoms with Crippen molar-refractivity contribution < 1.29 is 24.8 Å². The van der Waals surface area contributed by atoms with Crippen molar-refractivity contribution in [3.05, 3.63) is 10.4 Å². The lowest BCUT2D eigenvalue weighted by molar-refractivity contribution is -0.287. The number of hydrogen-bond acceptors (Lipinski definition) is 6. The van der Waals surface area contributed by atoms with Gasteiger partial charge in [-0.2, -0.15) is 0 Å². The summed E-state index contributed by atoms with van der Waals surface area (Å²) in [5.74, 6) is 0. The van der Waals surface area contributed by atoms with Gasteiger partial charge in [-0.15, -0.1) is 0 Å². The van der Waals surface area contributed by atoms with Crippen molar-refractivity contribution in [2.24, 2.45) is 5.11 Å². The lowest BCUT2D eigenvalue weighted by Crippen LogP contribution is -2.58. The molecule has 2 unspecified atom stereocenters. The Kier molecular flexibility index (Phi) is 4.28. The van der Waals surface area contributed by atoms with Crippen LogP contribution in [0.3, 0.4) is 0 Å². The normalized spacial score (nSPS) is 40.9. The molecule has 1 fully saturated rings. The minimum atomic E-state index is -1.39. The Hall–Kier alpha value is -0.890. The average Bonchev–Trinajstić information content (AvgIpc) is 2.25. The molecule has 0 spiro atoms. The zero-order chi connectivity index (χ0) is 11.4. The summed E-state index contributed by atoms with van der Waals surface area (Å²) in [5.41, 5.74) is 8.10. The first-order chi connectivity index (χ1) is 7.11. The molecule has 0 bridgehead atoms. The van der Waals surface area contributed by atoms with Gasteiger partial charge in [-0.3, -0.25) is 0 Å². The molecule has 0 radical (unpaired) electrons. The fraction of sp³-hybridized carbons (Fsp3) is 1.00. The number of nitrogens with zero attached hydrogens (tertiary/aromatic N) is 3. The third-order valence-corrected chi connectivity index (χ3v) is 2.23. The van der Waals surface area contributed by atoms with Crippen molar-refractivity contribution >= 4 is 0 Å². The van der Waals surface area contributed by atoms with E-state index in [0.717, 1.165) is 0 Å². The highest BCUT2D eigenvalue weighted by Gasteiger charge is 2.43. The summed E-state index contributed by atoms with van der Waals surface area (Å²) in [7, 11) is 1.29. The van der Waals surface area contributed by atoms with E-state index in [1.165, 1.54) is 7.11 Å². The minimum absolute atomic E-state index is 0.138. The Morgan fingerprint density at radius 1 is 1.33 bits per heavy atom. The van der Waals surface area contributed by atoms with Crippen LogP contribution >= 0.6 is 0 Å². The van der Waals surface area contributed by atoms with Crippen LogP contribution in [0.25, 0.3) is 10.4 Å². The van der Waals surface area contributed by atoms with Gasteiger partial charge in [-0.25, -0.2) is 0 Å². The Morgan fingerprint density at radius 2 is 2.00 bits per heavy atom. The largest absolute Gasteiger partial charge is 0.388 e. The number of ether oxygens (including phenoxy) is 2. The first kappa shape index (κ1) is 12.2. The van der Waals surface area contributed by atoms with Crippen molar-refractivity contribution in [3.8, 4) is 0 Å². The van der Waals surface area contributed by atoms with E-state index < -0.39 is 30.7 Å². The van der Waals surface area contributed by atoms with Crippen LogP contribution in [0.1, 0.15) is 0 Å². The molecule has 0 amide bonds. The number of methoxy groups -OCH3 is 1. The molecule has 1 rings (SSSR count). The van der Waals surface area contributed by atoms with E-state index >= 15 is 0 Å². The van der Waals surface area contributed by atoms with Gasteiger partial charge in [-0.1, -0.05) is 5.11 Å². The molecule has 1 heterocycles. The van der Waals surface area contributed by atoms with Crippen molar-refractivity contribution in [2.75, 3.05) is 13.7 Å². The number of rotatable bonds is 3. The summed E-state index contributed by atoms with van der Waals surface area (Å²) < 4.78 is 9.84. The van der Waals surface area contributed by atoms with Crippen LogP contribution in [0.4, 0.5) is 0 Å². The molecule has 8 nitrogen and oxygen atoms in total. The maximum absolute atomic E-state index is 9.47. The van der Waals surface area contributed by atoms with E-state index in [-0.39, 0.29) is 6.54 Å². The summed E-state index contributed by atoms with van der Waals surface area (Å²) in [4.78, 5) is 2.51. The van der Waals surface area contributed by atoms with Crippen LogP contribution in [0, 0.1) is 0 Å². The van der Waals surface area contributed by atoms with Gasteiger partial charge in [0.2, 0.25) is 0 Å². The van der Waals surface area contributed by atoms with Crippen LogP contribution in [-0.4, -0.2) is 59.7 Å². The Bertz CT molecular complexity index is 255. The van der Waals surface area contributed by atoms with Crippen LogP contribution < -0.4 is 0 Å². The van der Waals surface area contributed by atoms with Crippen LogP contribution in [-0.2, 0) is 9.47 Å². The number of azide groups is 1. The van der Waals surface area contributed by atoms with Gasteiger partial charge in [0.1, 0.15) is 18.3 Å². The van der Waals surface area contributed by atoms with E-state index in [2.05, 4.69) is 10.0 Å². The maximum Gasteiger partial charge on any atom is 0.186 e. The van der Waals surface area contributed by atoms with E-state index in [4.69, 9.17) is 15.0 Å². The smallest absolute Gasteiger partial charge is 0.186 e. The average molecular weight is 219 g/mol. The molecule has 86 valence electrons. The summed E-state index contributed by atoms with van der Waals surface area (Å²) in [5, 5.41) is 31.5. The van der Waals surface area contributed by atoms with Gasteiger partial charge in [0.25, 0.3) is 0 Å². The molecule has 0 aromatic carbocycles. The molecule has 15 heavy (non-hydrogen) atoms. The third kappa shape index (κ3) is 2.57. The highest BCUT2D eigenvalue weighted by molar-refractivity contribution is 4.89. The summed E-state index contributed by atoms with van der Waals surface area (Å²) in [6, 6.07) is 0. The van der Waals surface area contributed by atoms with Crippen molar-refractivity contribution in [1.82, 2.24) is 0 Å². The lowest BCUT2D eigenvalue weighted by atomic mass is 9.99. The quantitative estimate of drug-likeness (QED) is 0.310. The fourth-order valence-corrected chi connectivity index (χ4v) is 1.38. The topological polar surface area (TPSA) is 128 Å². The molecule has 1 saturated heterocycles. The molecular weight excluding hydrogens is 206 g/mol.